The van der Waals surface area contributed by atoms with Crippen molar-refractivity contribution in [2.75, 3.05) is 25.4 Å². The van der Waals surface area contributed by atoms with Gasteiger partial charge in [-0.15, -0.1) is 34.0 Å². The molecule has 0 fully saturated rings. The molecule has 110 valence electrons. The fourth-order valence-corrected chi connectivity index (χ4v) is 1.87. The lowest BCUT2D eigenvalue weighted by atomic mass is 10.7. The zero-order valence-corrected chi connectivity index (χ0v) is 14.5. The van der Waals surface area contributed by atoms with Crippen molar-refractivity contribution in [3.63, 3.8) is 0 Å². The summed E-state index contributed by atoms with van der Waals surface area (Å²) in [4.78, 5) is 7.29. The van der Waals surface area contributed by atoms with Gasteiger partial charge in [0.1, 0.15) is 8.77 Å². The summed E-state index contributed by atoms with van der Waals surface area (Å²) in [6, 6.07) is 0. The van der Waals surface area contributed by atoms with Gasteiger partial charge in [0.25, 0.3) is 0 Å². The second-order valence-electron chi connectivity index (χ2n) is 2.70. The molecule has 18 heavy (non-hydrogen) atoms. The van der Waals surface area contributed by atoms with Crippen molar-refractivity contribution < 1.29 is 8.39 Å². The summed E-state index contributed by atoms with van der Waals surface area (Å²) in [5, 5.41) is 0. The van der Waals surface area contributed by atoms with Crippen LogP contribution in [0.3, 0.4) is 0 Å². The number of guanidine groups is 2. The molecule has 0 heterocycles. The van der Waals surface area contributed by atoms with Gasteiger partial charge in [0.05, 0.1) is 25.4 Å². The van der Waals surface area contributed by atoms with Crippen LogP contribution in [-0.4, -0.2) is 41.6 Å². The van der Waals surface area contributed by atoms with E-state index in [4.69, 9.17) is 38.3 Å². The van der Waals surface area contributed by atoms with Crippen LogP contribution in [0.2, 0.25) is 0 Å². The smallest absolute Gasteiger partial charge is 0.185 e. The molecule has 0 aromatic carbocycles. The molecule has 0 aliphatic rings. The Balaban J connectivity index is -0.00000112. The molecule has 0 amide bonds. The molecule has 8 nitrogen and oxygen atoms in total. The first-order chi connectivity index (χ1) is 7.33. The van der Waals surface area contributed by atoms with Crippen LogP contribution in [0.15, 0.2) is 9.98 Å². The van der Waals surface area contributed by atoms with E-state index in [0.717, 1.165) is 0 Å². The highest BCUT2D eigenvalue weighted by molar-refractivity contribution is 8.93. The normalized spacial score (nSPS) is 12.2. The highest BCUT2D eigenvalue weighted by Crippen LogP contribution is 1.94. The van der Waals surface area contributed by atoms with Gasteiger partial charge in [-0.3, -0.25) is 14.2 Å². The molecule has 0 aromatic heterocycles. The van der Waals surface area contributed by atoms with Gasteiger partial charge in [0.15, 0.2) is 11.9 Å². The maximum absolute atomic E-state index is 11.5. The molecule has 8 N–H and O–H groups in total. The summed E-state index contributed by atoms with van der Waals surface area (Å²) >= 11 is 4.72. The van der Waals surface area contributed by atoms with Gasteiger partial charge >= 0.3 is 0 Å². The summed E-state index contributed by atoms with van der Waals surface area (Å²) < 4.78 is 16.5. The van der Waals surface area contributed by atoms with E-state index >= 15 is 0 Å². The van der Waals surface area contributed by atoms with Crippen molar-refractivity contribution in [2.45, 2.75) is 0 Å². The van der Waals surface area contributed by atoms with Crippen LogP contribution in [0.1, 0.15) is 0 Å². The molecule has 0 bridgehead atoms. The first-order valence-corrected chi connectivity index (χ1v) is 6.89. The molecule has 0 rings (SSSR count). The molecule has 0 saturated carbocycles. The zero-order valence-electron chi connectivity index (χ0n) is 9.48. The molecular weight excluding hydrogens is 412 g/mol. The minimum atomic E-state index is -2.81. The van der Waals surface area contributed by atoms with E-state index < -0.39 is 8.77 Å². The van der Waals surface area contributed by atoms with Crippen LogP contribution < -0.4 is 22.9 Å². The molecule has 0 aliphatic heterocycles. The predicted molar refractivity (Wildman–Crippen MR) is 88.3 cm³/mol. The van der Waals surface area contributed by atoms with Gasteiger partial charge in [-0.05, 0) is 0 Å². The molecule has 0 aromatic rings. The third kappa shape index (κ3) is 15.8. The minimum Gasteiger partial charge on any atom is -0.370 e. The third-order valence-corrected chi connectivity index (χ3v) is 3.28. The second-order valence-corrected chi connectivity index (χ2v) is 5.98. The van der Waals surface area contributed by atoms with Gasteiger partial charge in [0, 0.05) is 11.2 Å². The SMILES string of the molecule is Br.Br.NC(N)=NCCOS(=O)(=S)CCN=C(N)N. The molecule has 1 atom stereocenters. The average molecular weight is 430 g/mol. The Bertz CT molecular complexity index is 364. The van der Waals surface area contributed by atoms with Crippen LogP contribution in [-0.2, 0) is 24.1 Å². The van der Waals surface area contributed by atoms with E-state index in [-0.39, 0.29) is 71.3 Å². The molecule has 0 spiro atoms. The first-order valence-electron chi connectivity index (χ1n) is 4.31. The quantitative estimate of drug-likeness (QED) is 0.215. The van der Waals surface area contributed by atoms with Gasteiger partial charge in [0.2, 0.25) is 0 Å². The standard InChI is InChI=1S/C6H16N6O2S2.2BrH/c7-5(8)11-1-3-14-16(13,15)4-2-12-6(9)10;;/h1-4H2,(H4,7,8,11)(H4,9,10,12);2*1H. The Morgan fingerprint density at radius 2 is 1.50 bits per heavy atom. The van der Waals surface area contributed by atoms with Crippen LogP contribution in [0.5, 0.6) is 0 Å². The maximum atomic E-state index is 11.5. The van der Waals surface area contributed by atoms with Crippen molar-refractivity contribution in [2.24, 2.45) is 32.9 Å². The van der Waals surface area contributed by atoms with E-state index in [1.165, 1.54) is 0 Å². The Labute approximate surface area is 132 Å². The largest absolute Gasteiger partial charge is 0.370 e. The number of nitrogens with zero attached hydrogens (tertiary/aromatic N) is 2. The zero-order chi connectivity index (χ0) is 12.6. The maximum Gasteiger partial charge on any atom is 0.185 e. The van der Waals surface area contributed by atoms with Crippen LogP contribution in [0.25, 0.3) is 0 Å². The molecule has 0 aliphatic carbocycles. The van der Waals surface area contributed by atoms with E-state index in [0.29, 0.717) is 0 Å². The Hall–Kier alpha value is -0.170. The fraction of sp³-hybridized carbons (Fsp3) is 0.667. The lowest BCUT2D eigenvalue weighted by Crippen LogP contribution is -2.25. The van der Waals surface area contributed by atoms with Crippen LogP contribution >= 0.6 is 34.0 Å². The Morgan fingerprint density at radius 1 is 1.06 bits per heavy atom. The lowest BCUT2D eigenvalue weighted by Gasteiger charge is -2.05. The summed E-state index contributed by atoms with van der Waals surface area (Å²) in [5.74, 6) is -0.0621. The Kier molecular flexibility index (Phi) is 15.2. The van der Waals surface area contributed by atoms with Gasteiger partial charge in [-0.1, -0.05) is 0 Å². The van der Waals surface area contributed by atoms with E-state index in [1.807, 2.05) is 0 Å². The molecule has 0 radical (unpaired) electrons. The van der Waals surface area contributed by atoms with Crippen molar-refractivity contribution in [3.05, 3.63) is 0 Å². The van der Waals surface area contributed by atoms with E-state index in [1.54, 1.807) is 0 Å². The van der Waals surface area contributed by atoms with E-state index in [2.05, 4.69) is 9.98 Å². The molecule has 1 unspecified atom stereocenters. The summed E-state index contributed by atoms with van der Waals surface area (Å²) in [6.45, 7) is 0.452. The topological polar surface area (TPSA) is 155 Å². The number of hydrogen-bond donors (Lipinski definition) is 4. The monoisotopic (exact) mass is 428 g/mol. The van der Waals surface area contributed by atoms with Crippen molar-refractivity contribution >= 4 is 65.8 Å². The number of halogens is 2. The fourth-order valence-electron chi connectivity index (χ4n) is 0.684. The Morgan fingerprint density at radius 3 is 1.94 bits per heavy atom. The van der Waals surface area contributed by atoms with Crippen molar-refractivity contribution in [1.82, 2.24) is 0 Å². The van der Waals surface area contributed by atoms with Gasteiger partial charge < -0.3 is 22.9 Å². The predicted octanol–water partition coefficient (Wildman–Crippen LogP) is -1.63. The number of rotatable bonds is 7. The van der Waals surface area contributed by atoms with Crippen molar-refractivity contribution in [1.29, 1.82) is 0 Å². The highest BCUT2D eigenvalue weighted by atomic mass is 79.9. The van der Waals surface area contributed by atoms with Gasteiger partial charge in [-0.2, -0.15) is 0 Å². The number of nitrogens with two attached hydrogens (primary N) is 4. The highest BCUT2D eigenvalue weighted by Gasteiger charge is 2.05. The van der Waals surface area contributed by atoms with Gasteiger partial charge in [-0.25, -0.2) is 4.21 Å². The summed E-state index contributed by atoms with van der Waals surface area (Å²) in [7, 11) is -2.81. The average Bonchev–Trinajstić information content (AvgIpc) is 2.11. The minimum absolute atomic E-state index is 0. The van der Waals surface area contributed by atoms with E-state index in [9.17, 15) is 4.21 Å². The first kappa shape index (κ1) is 23.0. The molecule has 0 saturated heterocycles. The summed E-state index contributed by atoms with van der Waals surface area (Å²) in [5.41, 5.74) is 20.4. The lowest BCUT2D eigenvalue weighted by molar-refractivity contribution is 0.357. The number of aliphatic imine (C=N–C) groups is 2. The van der Waals surface area contributed by atoms with Crippen LogP contribution in [0.4, 0.5) is 0 Å². The van der Waals surface area contributed by atoms with Crippen molar-refractivity contribution in [3.8, 4) is 0 Å². The second kappa shape index (κ2) is 11.9. The summed E-state index contributed by atoms with van der Waals surface area (Å²) in [6.07, 6.45) is 0. The van der Waals surface area contributed by atoms with Crippen LogP contribution in [0, 0.1) is 0 Å². The third-order valence-electron chi connectivity index (χ3n) is 1.28. The molecule has 12 heteroatoms. The molecular formula is C6H18Br2N6O2S2. The number of hydrogen-bond acceptors (Lipinski definition) is 5.